The highest BCUT2D eigenvalue weighted by molar-refractivity contribution is 6.30. The van der Waals surface area contributed by atoms with Crippen molar-refractivity contribution in [3.05, 3.63) is 34.6 Å². The molecule has 0 amide bonds. The molecule has 100 valence electrons. The summed E-state index contributed by atoms with van der Waals surface area (Å²) in [6.07, 6.45) is 3.12. The number of hydrogen-bond acceptors (Lipinski definition) is 2. The van der Waals surface area contributed by atoms with Gasteiger partial charge in [0.2, 0.25) is 0 Å². The molecule has 1 aromatic rings. The van der Waals surface area contributed by atoms with Crippen molar-refractivity contribution < 1.29 is 9.50 Å². The molecule has 0 bridgehead atoms. The molecule has 1 aliphatic rings. The molecular weight excluding hydrogens is 253 g/mol. The third kappa shape index (κ3) is 3.67. The smallest absolute Gasteiger partial charge is 0.127 e. The van der Waals surface area contributed by atoms with Crippen LogP contribution in [0.25, 0.3) is 0 Å². The summed E-state index contributed by atoms with van der Waals surface area (Å²) in [7, 11) is 0. The van der Waals surface area contributed by atoms with Crippen LogP contribution >= 0.6 is 11.6 Å². The second-order valence-corrected chi connectivity index (χ2v) is 5.43. The number of aliphatic hydroxyl groups excluding tert-OH is 1. The number of likely N-dealkylation sites (tertiary alicyclic amines) is 1. The van der Waals surface area contributed by atoms with Crippen molar-refractivity contribution in [1.82, 2.24) is 4.90 Å². The lowest BCUT2D eigenvalue weighted by atomic mass is 9.95. The molecule has 1 fully saturated rings. The maximum Gasteiger partial charge on any atom is 0.127 e. The van der Waals surface area contributed by atoms with E-state index in [1.54, 1.807) is 12.1 Å². The van der Waals surface area contributed by atoms with E-state index in [0.29, 0.717) is 23.0 Å². The molecule has 1 aliphatic heterocycles. The highest BCUT2D eigenvalue weighted by Gasteiger charge is 2.20. The topological polar surface area (TPSA) is 23.5 Å². The van der Waals surface area contributed by atoms with Crippen LogP contribution in [0.4, 0.5) is 4.39 Å². The Morgan fingerprint density at radius 2 is 2.28 bits per heavy atom. The summed E-state index contributed by atoms with van der Waals surface area (Å²) in [5.74, 6) is 0.342. The molecule has 4 heteroatoms. The first kappa shape index (κ1) is 13.8. The lowest BCUT2D eigenvalue weighted by Gasteiger charge is -2.32. The SMILES string of the molecule is OCCC1CCCN(Cc2cc(Cl)ccc2F)C1. The monoisotopic (exact) mass is 271 g/mol. The first-order valence-electron chi connectivity index (χ1n) is 6.46. The zero-order valence-electron chi connectivity index (χ0n) is 10.4. The standard InChI is InChI=1S/C14H19ClFNO/c15-13-3-4-14(16)12(8-13)10-17-6-1-2-11(9-17)5-7-18/h3-4,8,11,18H,1-2,5-7,9-10H2. The van der Waals surface area contributed by atoms with Crippen molar-refractivity contribution in [1.29, 1.82) is 0 Å². The zero-order chi connectivity index (χ0) is 13.0. The summed E-state index contributed by atoms with van der Waals surface area (Å²) in [6.45, 7) is 2.78. The largest absolute Gasteiger partial charge is 0.396 e. The summed E-state index contributed by atoms with van der Waals surface area (Å²) >= 11 is 5.89. The summed E-state index contributed by atoms with van der Waals surface area (Å²) in [6, 6.07) is 4.70. The molecule has 1 atom stereocenters. The molecule has 1 saturated heterocycles. The van der Waals surface area contributed by atoms with E-state index in [0.717, 1.165) is 32.4 Å². The number of hydrogen-bond donors (Lipinski definition) is 1. The van der Waals surface area contributed by atoms with E-state index in [9.17, 15) is 4.39 Å². The van der Waals surface area contributed by atoms with Gasteiger partial charge in [-0.15, -0.1) is 0 Å². The molecule has 0 saturated carbocycles. The second kappa shape index (κ2) is 6.50. The molecule has 2 rings (SSSR count). The minimum Gasteiger partial charge on any atom is -0.396 e. The number of aliphatic hydroxyl groups is 1. The van der Waals surface area contributed by atoms with Gasteiger partial charge in [0.25, 0.3) is 0 Å². The van der Waals surface area contributed by atoms with Gasteiger partial charge in [0.15, 0.2) is 0 Å². The first-order valence-corrected chi connectivity index (χ1v) is 6.84. The van der Waals surface area contributed by atoms with E-state index in [1.165, 1.54) is 6.07 Å². The molecule has 2 nitrogen and oxygen atoms in total. The predicted octanol–water partition coefficient (Wildman–Crippen LogP) is 3.07. The average Bonchev–Trinajstić information content (AvgIpc) is 2.35. The third-order valence-corrected chi connectivity index (χ3v) is 3.78. The van der Waals surface area contributed by atoms with Crippen LogP contribution in [-0.4, -0.2) is 29.7 Å². The molecule has 0 aromatic heterocycles. The van der Waals surface area contributed by atoms with Crippen molar-refractivity contribution >= 4 is 11.6 Å². The molecule has 1 N–H and O–H groups in total. The maximum atomic E-state index is 13.6. The summed E-state index contributed by atoms with van der Waals surface area (Å²) in [5, 5.41) is 9.56. The summed E-state index contributed by atoms with van der Waals surface area (Å²) in [4.78, 5) is 2.25. The summed E-state index contributed by atoms with van der Waals surface area (Å²) in [5.41, 5.74) is 0.659. The Morgan fingerprint density at radius 3 is 3.06 bits per heavy atom. The van der Waals surface area contributed by atoms with E-state index in [1.807, 2.05) is 0 Å². The Hall–Kier alpha value is -0.640. The Morgan fingerprint density at radius 1 is 1.44 bits per heavy atom. The van der Waals surface area contributed by atoms with E-state index in [-0.39, 0.29) is 12.4 Å². The van der Waals surface area contributed by atoms with Gasteiger partial charge in [0.1, 0.15) is 5.82 Å². The Bertz CT molecular complexity index is 397. The highest BCUT2D eigenvalue weighted by Crippen LogP contribution is 2.23. The highest BCUT2D eigenvalue weighted by atomic mass is 35.5. The van der Waals surface area contributed by atoms with Crippen molar-refractivity contribution in [3.63, 3.8) is 0 Å². The van der Waals surface area contributed by atoms with Crippen LogP contribution < -0.4 is 0 Å². The van der Waals surface area contributed by atoms with Gasteiger partial charge in [-0.3, -0.25) is 4.90 Å². The van der Waals surface area contributed by atoms with Crippen LogP contribution in [0.3, 0.4) is 0 Å². The van der Waals surface area contributed by atoms with Gasteiger partial charge in [-0.05, 0) is 49.9 Å². The van der Waals surface area contributed by atoms with Crippen LogP contribution in [0.2, 0.25) is 5.02 Å². The van der Waals surface area contributed by atoms with Crippen LogP contribution in [0.5, 0.6) is 0 Å². The van der Waals surface area contributed by atoms with Crippen LogP contribution in [0.1, 0.15) is 24.8 Å². The van der Waals surface area contributed by atoms with Gasteiger partial charge in [-0.1, -0.05) is 11.6 Å². The minimum absolute atomic E-state index is 0.191. The molecule has 1 aromatic carbocycles. The number of benzene rings is 1. The zero-order valence-corrected chi connectivity index (χ0v) is 11.2. The van der Waals surface area contributed by atoms with E-state index >= 15 is 0 Å². The molecule has 0 aliphatic carbocycles. The van der Waals surface area contributed by atoms with Crippen molar-refractivity contribution in [3.8, 4) is 0 Å². The molecule has 1 heterocycles. The molecule has 0 spiro atoms. The van der Waals surface area contributed by atoms with Crippen LogP contribution in [0.15, 0.2) is 18.2 Å². The minimum atomic E-state index is -0.191. The fourth-order valence-electron chi connectivity index (χ4n) is 2.62. The molecule has 18 heavy (non-hydrogen) atoms. The lowest BCUT2D eigenvalue weighted by Crippen LogP contribution is -2.35. The summed E-state index contributed by atoms with van der Waals surface area (Å²) < 4.78 is 13.6. The maximum absolute atomic E-state index is 13.6. The van der Waals surface area contributed by atoms with Gasteiger partial charge in [0, 0.05) is 30.3 Å². The van der Waals surface area contributed by atoms with Gasteiger partial charge in [-0.25, -0.2) is 4.39 Å². The van der Waals surface area contributed by atoms with Crippen LogP contribution in [-0.2, 0) is 6.54 Å². The second-order valence-electron chi connectivity index (χ2n) is 4.99. The van der Waals surface area contributed by atoms with E-state index in [2.05, 4.69) is 4.90 Å². The van der Waals surface area contributed by atoms with Gasteiger partial charge < -0.3 is 5.11 Å². The van der Waals surface area contributed by atoms with E-state index < -0.39 is 0 Å². The normalized spacial score (nSPS) is 21.2. The fourth-order valence-corrected chi connectivity index (χ4v) is 2.81. The predicted molar refractivity (Wildman–Crippen MR) is 71.1 cm³/mol. The van der Waals surface area contributed by atoms with Crippen molar-refractivity contribution in [2.24, 2.45) is 5.92 Å². The third-order valence-electron chi connectivity index (χ3n) is 3.54. The average molecular weight is 272 g/mol. The number of rotatable bonds is 4. The lowest BCUT2D eigenvalue weighted by molar-refractivity contribution is 0.141. The molecule has 1 unspecified atom stereocenters. The van der Waals surface area contributed by atoms with Gasteiger partial charge in [-0.2, -0.15) is 0 Å². The quantitative estimate of drug-likeness (QED) is 0.910. The Balaban J connectivity index is 1.98. The van der Waals surface area contributed by atoms with Crippen molar-refractivity contribution in [2.45, 2.75) is 25.8 Å². The molecular formula is C14H19ClFNO. The number of piperidine rings is 1. The van der Waals surface area contributed by atoms with Crippen LogP contribution in [0, 0.1) is 11.7 Å². The first-order chi connectivity index (χ1) is 8.69. The van der Waals surface area contributed by atoms with E-state index in [4.69, 9.17) is 16.7 Å². The van der Waals surface area contributed by atoms with Gasteiger partial charge >= 0.3 is 0 Å². The fraction of sp³-hybridized carbons (Fsp3) is 0.571. The Labute approximate surface area is 112 Å². The molecule has 0 radical (unpaired) electrons. The van der Waals surface area contributed by atoms with Gasteiger partial charge in [0.05, 0.1) is 0 Å². The van der Waals surface area contributed by atoms with Crippen molar-refractivity contribution in [2.75, 3.05) is 19.7 Å². The number of halogens is 2. The number of nitrogens with zero attached hydrogens (tertiary/aromatic N) is 1. The Kier molecular flexibility index (Phi) is 4.98.